The summed E-state index contributed by atoms with van der Waals surface area (Å²) < 4.78 is 12.2. The van der Waals surface area contributed by atoms with Crippen molar-refractivity contribution in [3.8, 4) is 0 Å². The SMILES string of the molecule is C1CNC[C@@H](OCC2CCC3(CCCC3)O2)C1. The lowest BCUT2D eigenvalue weighted by Crippen LogP contribution is -2.37. The molecule has 2 heterocycles. The van der Waals surface area contributed by atoms with E-state index in [0.717, 1.165) is 19.7 Å². The van der Waals surface area contributed by atoms with Crippen LogP contribution in [0.15, 0.2) is 0 Å². The predicted octanol–water partition coefficient (Wildman–Crippen LogP) is 2.25. The Balaban J connectivity index is 1.41. The zero-order chi connectivity index (χ0) is 11.6. The fourth-order valence-corrected chi connectivity index (χ4v) is 3.61. The fraction of sp³-hybridized carbons (Fsp3) is 1.00. The van der Waals surface area contributed by atoms with E-state index in [1.807, 2.05) is 0 Å². The number of piperidine rings is 1. The quantitative estimate of drug-likeness (QED) is 0.819. The van der Waals surface area contributed by atoms with Gasteiger partial charge in [-0.3, -0.25) is 0 Å². The van der Waals surface area contributed by atoms with Crippen LogP contribution in [-0.2, 0) is 9.47 Å². The first-order chi connectivity index (χ1) is 8.36. The van der Waals surface area contributed by atoms with E-state index in [1.54, 1.807) is 0 Å². The first-order valence-corrected chi connectivity index (χ1v) is 7.36. The minimum absolute atomic E-state index is 0.263. The Hall–Kier alpha value is -0.120. The maximum absolute atomic E-state index is 6.26. The van der Waals surface area contributed by atoms with Crippen molar-refractivity contribution in [1.82, 2.24) is 5.32 Å². The summed E-state index contributed by atoms with van der Waals surface area (Å²) in [4.78, 5) is 0. The zero-order valence-electron chi connectivity index (χ0n) is 10.7. The minimum atomic E-state index is 0.263. The third-order valence-electron chi connectivity index (χ3n) is 4.62. The van der Waals surface area contributed by atoms with Crippen LogP contribution in [0.2, 0.25) is 0 Å². The molecule has 0 radical (unpaired) electrons. The molecule has 17 heavy (non-hydrogen) atoms. The number of nitrogens with one attached hydrogen (secondary N) is 1. The average molecular weight is 239 g/mol. The molecule has 1 saturated carbocycles. The fourth-order valence-electron chi connectivity index (χ4n) is 3.61. The Morgan fingerprint density at radius 2 is 2.00 bits per heavy atom. The first kappa shape index (κ1) is 11.9. The topological polar surface area (TPSA) is 30.5 Å². The van der Waals surface area contributed by atoms with Gasteiger partial charge in [-0.15, -0.1) is 0 Å². The molecule has 1 unspecified atom stereocenters. The molecular weight excluding hydrogens is 214 g/mol. The third-order valence-corrected chi connectivity index (χ3v) is 4.62. The molecule has 0 aromatic heterocycles. The molecular formula is C14H25NO2. The van der Waals surface area contributed by atoms with Crippen LogP contribution >= 0.6 is 0 Å². The number of rotatable bonds is 3. The molecule has 0 amide bonds. The highest BCUT2D eigenvalue weighted by atomic mass is 16.6. The predicted molar refractivity (Wildman–Crippen MR) is 67.1 cm³/mol. The molecule has 0 aromatic carbocycles. The molecule has 3 nitrogen and oxygen atoms in total. The summed E-state index contributed by atoms with van der Waals surface area (Å²) in [7, 11) is 0. The lowest BCUT2D eigenvalue weighted by molar-refractivity contribution is -0.0842. The standard InChI is InChI=1S/C14H25NO2/c1-2-7-14(6-1)8-5-13(17-14)11-16-12-4-3-9-15-10-12/h12-13,15H,1-11H2/t12-,13?/m0/s1. The second kappa shape index (κ2) is 5.25. The Labute approximate surface area is 104 Å². The van der Waals surface area contributed by atoms with Crippen molar-refractivity contribution in [3.05, 3.63) is 0 Å². The van der Waals surface area contributed by atoms with Crippen molar-refractivity contribution in [3.63, 3.8) is 0 Å². The maximum atomic E-state index is 6.26. The van der Waals surface area contributed by atoms with Crippen molar-refractivity contribution < 1.29 is 9.47 Å². The molecule has 2 atom stereocenters. The average Bonchev–Trinajstić information content (AvgIpc) is 2.99. The highest BCUT2D eigenvalue weighted by Gasteiger charge is 2.42. The van der Waals surface area contributed by atoms with E-state index in [9.17, 15) is 0 Å². The van der Waals surface area contributed by atoms with Gasteiger partial charge >= 0.3 is 0 Å². The number of ether oxygens (including phenoxy) is 2. The van der Waals surface area contributed by atoms with Gasteiger partial charge in [-0.1, -0.05) is 12.8 Å². The summed E-state index contributed by atoms with van der Waals surface area (Å²) in [6.07, 6.45) is 11.0. The van der Waals surface area contributed by atoms with Crippen molar-refractivity contribution in [1.29, 1.82) is 0 Å². The summed E-state index contributed by atoms with van der Waals surface area (Å²) in [6.45, 7) is 2.99. The van der Waals surface area contributed by atoms with E-state index in [4.69, 9.17) is 9.47 Å². The van der Waals surface area contributed by atoms with E-state index in [0.29, 0.717) is 12.2 Å². The highest BCUT2D eigenvalue weighted by molar-refractivity contribution is 4.92. The van der Waals surface area contributed by atoms with Gasteiger partial charge in [0.05, 0.1) is 24.4 Å². The Morgan fingerprint density at radius 3 is 2.76 bits per heavy atom. The smallest absolute Gasteiger partial charge is 0.0817 e. The zero-order valence-corrected chi connectivity index (χ0v) is 10.7. The monoisotopic (exact) mass is 239 g/mol. The van der Waals surface area contributed by atoms with Crippen LogP contribution in [0.1, 0.15) is 51.4 Å². The lowest BCUT2D eigenvalue weighted by Gasteiger charge is -2.26. The minimum Gasteiger partial charge on any atom is -0.374 e. The summed E-state index contributed by atoms with van der Waals surface area (Å²) in [6, 6.07) is 0. The molecule has 3 aliphatic rings. The molecule has 0 aromatic rings. The van der Waals surface area contributed by atoms with Crippen LogP contribution in [0.25, 0.3) is 0 Å². The van der Waals surface area contributed by atoms with Gasteiger partial charge in [0.2, 0.25) is 0 Å². The molecule has 2 aliphatic heterocycles. The van der Waals surface area contributed by atoms with Gasteiger partial charge in [0.15, 0.2) is 0 Å². The van der Waals surface area contributed by atoms with Crippen LogP contribution in [0.4, 0.5) is 0 Å². The van der Waals surface area contributed by atoms with E-state index in [-0.39, 0.29) is 5.60 Å². The van der Waals surface area contributed by atoms with Crippen LogP contribution in [0, 0.1) is 0 Å². The summed E-state index contributed by atoms with van der Waals surface area (Å²) in [5.74, 6) is 0. The molecule has 3 heteroatoms. The van der Waals surface area contributed by atoms with Crippen molar-refractivity contribution >= 4 is 0 Å². The molecule has 1 aliphatic carbocycles. The maximum Gasteiger partial charge on any atom is 0.0817 e. The van der Waals surface area contributed by atoms with Gasteiger partial charge in [-0.25, -0.2) is 0 Å². The second-order valence-corrected chi connectivity index (χ2v) is 5.97. The van der Waals surface area contributed by atoms with E-state index in [1.165, 1.54) is 51.4 Å². The van der Waals surface area contributed by atoms with Gasteiger partial charge in [0.1, 0.15) is 0 Å². The molecule has 3 fully saturated rings. The van der Waals surface area contributed by atoms with Gasteiger partial charge < -0.3 is 14.8 Å². The highest BCUT2D eigenvalue weighted by Crippen LogP contribution is 2.43. The third kappa shape index (κ3) is 2.83. The lowest BCUT2D eigenvalue weighted by atomic mass is 9.98. The molecule has 2 saturated heterocycles. The van der Waals surface area contributed by atoms with E-state index >= 15 is 0 Å². The summed E-state index contributed by atoms with van der Waals surface area (Å²) >= 11 is 0. The Kier molecular flexibility index (Phi) is 3.69. The number of hydrogen-bond donors (Lipinski definition) is 1. The second-order valence-electron chi connectivity index (χ2n) is 5.97. The van der Waals surface area contributed by atoms with Gasteiger partial charge in [0, 0.05) is 6.54 Å². The normalized spacial score (nSPS) is 36.7. The van der Waals surface area contributed by atoms with Gasteiger partial charge in [0.25, 0.3) is 0 Å². The van der Waals surface area contributed by atoms with Crippen LogP contribution in [0.5, 0.6) is 0 Å². The van der Waals surface area contributed by atoms with E-state index < -0.39 is 0 Å². The van der Waals surface area contributed by atoms with E-state index in [2.05, 4.69) is 5.32 Å². The van der Waals surface area contributed by atoms with Gasteiger partial charge in [-0.2, -0.15) is 0 Å². The number of hydrogen-bond acceptors (Lipinski definition) is 3. The molecule has 98 valence electrons. The first-order valence-electron chi connectivity index (χ1n) is 7.36. The summed E-state index contributed by atoms with van der Waals surface area (Å²) in [5.41, 5.74) is 0.263. The molecule has 1 spiro atoms. The summed E-state index contributed by atoms with van der Waals surface area (Å²) in [5, 5.41) is 3.39. The Bertz CT molecular complexity index is 245. The van der Waals surface area contributed by atoms with Crippen LogP contribution in [0.3, 0.4) is 0 Å². The van der Waals surface area contributed by atoms with Crippen molar-refractivity contribution in [2.75, 3.05) is 19.7 Å². The molecule has 3 rings (SSSR count). The largest absolute Gasteiger partial charge is 0.374 e. The van der Waals surface area contributed by atoms with Crippen LogP contribution < -0.4 is 5.32 Å². The Morgan fingerprint density at radius 1 is 1.12 bits per heavy atom. The van der Waals surface area contributed by atoms with Crippen LogP contribution in [-0.4, -0.2) is 37.5 Å². The molecule has 1 N–H and O–H groups in total. The van der Waals surface area contributed by atoms with Crippen molar-refractivity contribution in [2.24, 2.45) is 0 Å². The van der Waals surface area contributed by atoms with Crippen molar-refractivity contribution in [2.45, 2.75) is 69.2 Å². The van der Waals surface area contributed by atoms with Gasteiger partial charge in [-0.05, 0) is 45.1 Å². The molecule has 0 bridgehead atoms.